The number of amides is 1. The highest BCUT2D eigenvalue weighted by Gasteiger charge is 2.25. The van der Waals surface area contributed by atoms with Gasteiger partial charge in [-0.15, -0.1) is 0 Å². The average molecular weight is 209 g/mol. The van der Waals surface area contributed by atoms with Crippen LogP contribution in [0.15, 0.2) is 11.6 Å². The average Bonchev–Trinajstić information content (AvgIpc) is 2.27. The molecule has 0 bridgehead atoms. The monoisotopic (exact) mass is 209 g/mol. The molecule has 1 atom stereocenters. The third kappa shape index (κ3) is 3.08. The van der Waals surface area contributed by atoms with Gasteiger partial charge in [0, 0.05) is 18.7 Å². The molecule has 0 spiro atoms. The summed E-state index contributed by atoms with van der Waals surface area (Å²) < 4.78 is 0. The Morgan fingerprint density at radius 1 is 1.47 bits per heavy atom. The summed E-state index contributed by atoms with van der Waals surface area (Å²) in [7, 11) is 0. The van der Waals surface area contributed by atoms with Crippen molar-refractivity contribution in [3.8, 4) is 0 Å². The molecule has 1 amide bonds. The molecule has 1 aliphatic heterocycles. The Morgan fingerprint density at radius 3 is 2.67 bits per heavy atom. The second-order valence-corrected chi connectivity index (χ2v) is 4.87. The van der Waals surface area contributed by atoms with Crippen LogP contribution in [0.4, 0.5) is 0 Å². The summed E-state index contributed by atoms with van der Waals surface area (Å²) in [6.07, 6.45) is 4.34. The minimum absolute atomic E-state index is 0.225. The lowest BCUT2D eigenvalue weighted by Crippen LogP contribution is -2.41. The standard InChI is InChI=1S/C13H23NO/c1-5-11(4)13(15)14-8-6-7-12(9-14)10(2)3/h5,10,12H,6-9H2,1-4H3. The highest BCUT2D eigenvalue weighted by Crippen LogP contribution is 2.24. The Morgan fingerprint density at radius 2 is 2.13 bits per heavy atom. The van der Waals surface area contributed by atoms with E-state index >= 15 is 0 Å². The van der Waals surface area contributed by atoms with Crippen LogP contribution in [-0.4, -0.2) is 23.9 Å². The van der Waals surface area contributed by atoms with Crippen molar-refractivity contribution in [3.05, 3.63) is 11.6 Å². The molecule has 1 saturated heterocycles. The van der Waals surface area contributed by atoms with Crippen LogP contribution in [0.25, 0.3) is 0 Å². The Balaban J connectivity index is 2.60. The van der Waals surface area contributed by atoms with Gasteiger partial charge in [-0.25, -0.2) is 0 Å². The number of rotatable bonds is 2. The quantitative estimate of drug-likeness (QED) is 0.640. The first-order valence-electron chi connectivity index (χ1n) is 5.98. The number of carbonyl (C=O) groups excluding carboxylic acids is 1. The van der Waals surface area contributed by atoms with Crippen molar-refractivity contribution < 1.29 is 4.79 Å². The van der Waals surface area contributed by atoms with E-state index in [1.54, 1.807) is 0 Å². The van der Waals surface area contributed by atoms with Crippen molar-refractivity contribution in [2.75, 3.05) is 13.1 Å². The third-order valence-electron chi connectivity index (χ3n) is 3.46. The highest BCUT2D eigenvalue weighted by atomic mass is 16.2. The SMILES string of the molecule is CC=C(C)C(=O)N1CCCC(C(C)C)C1. The fourth-order valence-corrected chi connectivity index (χ4v) is 2.11. The summed E-state index contributed by atoms with van der Waals surface area (Å²) in [4.78, 5) is 14.0. The van der Waals surface area contributed by atoms with E-state index in [2.05, 4.69) is 13.8 Å². The maximum Gasteiger partial charge on any atom is 0.249 e. The van der Waals surface area contributed by atoms with Crippen LogP contribution < -0.4 is 0 Å². The number of carbonyl (C=O) groups is 1. The van der Waals surface area contributed by atoms with Crippen molar-refractivity contribution in [2.24, 2.45) is 11.8 Å². The lowest BCUT2D eigenvalue weighted by atomic mass is 9.87. The van der Waals surface area contributed by atoms with Crippen LogP contribution in [0.3, 0.4) is 0 Å². The summed E-state index contributed by atoms with van der Waals surface area (Å²) in [6, 6.07) is 0. The lowest BCUT2D eigenvalue weighted by molar-refractivity contribution is -0.129. The van der Waals surface area contributed by atoms with Crippen LogP contribution in [-0.2, 0) is 4.79 Å². The number of hydrogen-bond donors (Lipinski definition) is 0. The van der Waals surface area contributed by atoms with Crippen molar-refractivity contribution in [1.82, 2.24) is 4.90 Å². The van der Waals surface area contributed by atoms with Crippen LogP contribution in [0, 0.1) is 11.8 Å². The molecule has 0 aliphatic carbocycles. The molecule has 15 heavy (non-hydrogen) atoms. The third-order valence-corrected chi connectivity index (χ3v) is 3.46. The number of hydrogen-bond acceptors (Lipinski definition) is 1. The zero-order valence-corrected chi connectivity index (χ0v) is 10.4. The van der Waals surface area contributed by atoms with Gasteiger partial charge in [-0.05, 0) is 38.5 Å². The molecule has 1 heterocycles. The topological polar surface area (TPSA) is 20.3 Å². The minimum Gasteiger partial charge on any atom is -0.339 e. The highest BCUT2D eigenvalue weighted by molar-refractivity contribution is 5.92. The molecule has 0 N–H and O–H groups in total. The molecule has 1 unspecified atom stereocenters. The maximum atomic E-state index is 12.0. The molecular weight excluding hydrogens is 186 g/mol. The molecule has 1 rings (SSSR count). The Labute approximate surface area is 93.3 Å². The second kappa shape index (κ2) is 5.34. The van der Waals surface area contributed by atoms with Crippen LogP contribution in [0.2, 0.25) is 0 Å². The van der Waals surface area contributed by atoms with Gasteiger partial charge >= 0.3 is 0 Å². The molecule has 0 aromatic heterocycles. The van der Waals surface area contributed by atoms with Crippen molar-refractivity contribution in [3.63, 3.8) is 0 Å². The van der Waals surface area contributed by atoms with E-state index < -0.39 is 0 Å². The van der Waals surface area contributed by atoms with Crippen molar-refractivity contribution in [2.45, 2.75) is 40.5 Å². The van der Waals surface area contributed by atoms with E-state index in [-0.39, 0.29) is 5.91 Å². The predicted octanol–water partition coefficient (Wildman–Crippen LogP) is 2.85. The van der Waals surface area contributed by atoms with E-state index in [4.69, 9.17) is 0 Å². The first kappa shape index (κ1) is 12.3. The van der Waals surface area contributed by atoms with Crippen LogP contribution in [0.1, 0.15) is 40.5 Å². The molecule has 0 aromatic carbocycles. The zero-order chi connectivity index (χ0) is 11.4. The van der Waals surface area contributed by atoms with Gasteiger partial charge < -0.3 is 4.90 Å². The first-order chi connectivity index (χ1) is 7.06. The van der Waals surface area contributed by atoms with E-state index in [0.29, 0.717) is 11.8 Å². The first-order valence-corrected chi connectivity index (χ1v) is 5.98. The summed E-state index contributed by atoms with van der Waals surface area (Å²) in [5, 5.41) is 0. The Kier molecular flexibility index (Phi) is 4.37. The van der Waals surface area contributed by atoms with Gasteiger partial charge in [0.05, 0.1) is 0 Å². The fraction of sp³-hybridized carbons (Fsp3) is 0.769. The zero-order valence-electron chi connectivity index (χ0n) is 10.4. The van der Waals surface area contributed by atoms with Crippen LogP contribution in [0.5, 0.6) is 0 Å². The van der Waals surface area contributed by atoms with E-state index in [0.717, 1.165) is 25.1 Å². The Hall–Kier alpha value is -0.790. The molecule has 1 aliphatic rings. The Bertz CT molecular complexity index is 255. The minimum atomic E-state index is 0.225. The van der Waals surface area contributed by atoms with E-state index in [1.165, 1.54) is 6.42 Å². The van der Waals surface area contributed by atoms with Gasteiger partial charge in [0.25, 0.3) is 0 Å². The molecule has 0 saturated carbocycles. The van der Waals surface area contributed by atoms with Gasteiger partial charge in [-0.3, -0.25) is 4.79 Å². The van der Waals surface area contributed by atoms with Gasteiger partial charge in [0.1, 0.15) is 0 Å². The maximum absolute atomic E-state index is 12.0. The molecular formula is C13H23NO. The van der Waals surface area contributed by atoms with Crippen molar-refractivity contribution in [1.29, 1.82) is 0 Å². The smallest absolute Gasteiger partial charge is 0.249 e. The largest absolute Gasteiger partial charge is 0.339 e. The van der Waals surface area contributed by atoms with Gasteiger partial charge in [0.2, 0.25) is 5.91 Å². The van der Waals surface area contributed by atoms with Gasteiger partial charge in [-0.1, -0.05) is 19.9 Å². The van der Waals surface area contributed by atoms with Crippen LogP contribution >= 0.6 is 0 Å². The molecule has 0 radical (unpaired) electrons. The normalized spacial score (nSPS) is 23.4. The molecule has 0 aromatic rings. The van der Waals surface area contributed by atoms with E-state index in [9.17, 15) is 4.79 Å². The van der Waals surface area contributed by atoms with Gasteiger partial charge in [-0.2, -0.15) is 0 Å². The second-order valence-electron chi connectivity index (χ2n) is 4.87. The lowest BCUT2D eigenvalue weighted by Gasteiger charge is -2.35. The summed E-state index contributed by atoms with van der Waals surface area (Å²) in [5.41, 5.74) is 0.874. The van der Waals surface area contributed by atoms with E-state index in [1.807, 2.05) is 24.8 Å². The summed E-state index contributed by atoms with van der Waals surface area (Å²) in [5.74, 6) is 1.60. The fourth-order valence-electron chi connectivity index (χ4n) is 2.11. The number of piperidine rings is 1. The molecule has 1 fully saturated rings. The molecule has 2 nitrogen and oxygen atoms in total. The number of allylic oxidation sites excluding steroid dienone is 1. The number of nitrogens with zero attached hydrogens (tertiary/aromatic N) is 1. The number of likely N-dealkylation sites (tertiary alicyclic amines) is 1. The molecule has 86 valence electrons. The summed E-state index contributed by atoms with van der Waals surface area (Å²) >= 11 is 0. The van der Waals surface area contributed by atoms with Gasteiger partial charge in [0.15, 0.2) is 0 Å². The predicted molar refractivity (Wildman–Crippen MR) is 63.6 cm³/mol. The molecule has 2 heteroatoms. The summed E-state index contributed by atoms with van der Waals surface area (Å²) in [6.45, 7) is 10.2. The van der Waals surface area contributed by atoms with Crippen molar-refractivity contribution >= 4 is 5.91 Å².